The van der Waals surface area contributed by atoms with Crippen molar-refractivity contribution in [3.63, 3.8) is 0 Å². The number of rotatable bonds is 4. The minimum absolute atomic E-state index is 0.0522. The van der Waals surface area contributed by atoms with Gasteiger partial charge in [-0.3, -0.25) is 19.8 Å². The van der Waals surface area contributed by atoms with Gasteiger partial charge in [0.25, 0.3) is 5.56 Å². The second kappa shape index (κ2) is 6.40. The van der Waals surface area contributed by atoms with Crippen LogP contribution >= 0.6 is 24.5 Å². The number of fused-ring (bicyclic) bond motifs is 1. The normalized spacial score (nSPS) is 26.0. The summed E-state index contributed by atoms with van der Waals surface area (Å²) in [6.07, 6.45) is -1.92. The van der Waals surface area contributed by atoms with Crippen molar-refractivity contribution in [2.75, 3.05) is 12.3 Å². The molecule has 11 nitrogen and oxygen atoms in total. The van der Waals surface area contributed by atoms with Gasteiger partial charge in [-0.1, -0.05) is 0 Å². The SMILES string of the molecule is Nc1nc2c(nc(Br)n2[C@H]2C[C@H](O)[C@@H](COP(N)O)O2)c(=O)[nH]1. The van der Waals surface area contributed by atoms with Crippen molar-refractivity contribution in [2.45, 2.75) is 24.9 Å². The molecule has 0 amide bonds. The van der Waals surface area contributed by atoms with Gasteiger partial charge >= 0.3 is 0 Å². The Morgan fingerprint density at radius 2 is 2.30 bits per heavy atom. The lowest BCUT2D eigenvalue weighted by atomic mass is 10.2. The molecule has 1 aliphatic rings. The van der Waals surface area contributed by atoms with Crippen LogP contribution in [0.15, 0.2) is 9.53 Å². The number of aliphatic hydroxyl groups is 1. The average molecular weight is 409 g/mol. The number of aromatic nitrogens is 4. The first-order valence-corrected chi connectivity index (χ1v) is 8.57. The summed E-state index contributed by atoms with van der Waals surface area (Å²) in [6, 6.07) is 0. The van der Waals surface area contributed by atoms with Crippen LogP contribution in [-0.4, -0.2) is 48.3 Å². The third-order valence-electron chi connectivity index (χ3n) is 3.39. The fourth-order valence-corrected chi connectivity index (χ4v) is 3.28. The van der Waals surface area contributed by atoms with Crippen molar-refractivity contribution in [2.24, 2.45) is 5.50 Å². The Morgan fingerprint density at radius 3 is 3.00 bits per heavy atom. The number of H-pyrrole nitrogens is 1. The lowest BCUT2D eigenvalue weighted by molar-refractivity contribution is -0.0385. The van der Waals surface area contributed by atoms with E-state index in [1.807, 2.05) is 0 Å². The molecule has 4 atom stereocenters. The monoisotopic (exact) mass is 408 g/mol. The zero-order valence-corrected chi connectivity index (χ0v) is 14.1. The number of nitrogens with two attached hydrogens (primary N) is 2. The summed E-state index contributed by atoms with van der Waals surface area (Å²) in [7, 11) is -2.03. The number of nitrogens with zero attached hydrogens (tertiary/aromatic N) is 3. The van der Waals surface area contributed by atoms with Crippen molar-refractivity contribution < 1.29 is 19.3 Å². The van der Waals surface area contributed by atoms with Crippen LogP contribution in [0.1, 0.15) is 12.6 Å². The largest absolute Gasteiger partial charge is 0.390 e. The summed E-state index contributed by atoms with van der Waals surface area (Å²) in [4.78, 5) is 31.4. The molecule has 1 aliphatic heterocycles. The minimum Gasteiger partial charge on any atom is -0.390 e. The van der Waals surface area contributed by atoms with E-state index in [0.29, 0.717) is 4.73 Å². The number of imidazole rings is 1. The number of hydrogen-bond donors (Lipinski definition) is 5. The van der Waals surface area contributed by atoms with E-state index in [1.165, 1.54) is 4.57 Å². The van der Waals surface area contributed by atoms with Gasteiger partial charge in [-0.2, -0.15) is 4.98 Å². The summed E-state index contributed by atoms with van der Waals surface area (Å²) < 4.78 is 12.4. The molecule has 2 aromatic rings. The van der Waals surface area contributed by atoms with Crippen LogP contribution < -0.4 is 16.8 Å². The van der Waals surface area contributed by atoms with E-state index in [4.69, 9.17) is 25.4 Å². The number of nitrogens with one attached hydrogen (secondary N) is 1. The van der Waals surface area contributed by atoms with Gasteiger partial charge in [-0.05, 0) is 15.9 Å². The van der Waals surface area contributed by atoms with Crippen LogP contribution in [0.25, 0.3) is 11.2 Å². The fraction of sp³-hybridized carbons (Fsp3) is 0.500. The third-order valence-corrected chi connectivity index (χ3v) is 4.36. The van der Waals surface area contributed by atoms with Gasteiger partial charge in [-0.15, -0.1) is 0 Å². The summed E-state index contributed by atoms with van der Waals surface area (Å²) >= 11 is 3.25. The van der Waals surface area contributed by atoms with Gasteiger partial charge in [0.05, 0.1) is 12.7 Å². The first-order valence-electron chi connectivity index (χ1n) is 6.50. The zero-order valence-electron chi connectivity index (χ0n) is 11.6. The molecule has 3 rings (SSSR count). The number of anilines is 1. The zero-order chi connectivity index (χ0) is 16.7. The molecule has 1 fully saturated rings. The topological polar surface area (TPSA) is 175 Å². The van der Waals surface area contributed by atoms with Crippen LogP contribution in [0, 0.1) is 0 Å². The Bertz CT molecular complexity index is 781. The van der Waals surface area contributed by atoms with Crippen molar-refractivity contribution in [1.82, 2.24) is 19.5 Å². The predicted octanol–water partition coefficient (Wildman–Crippen LogP) is -0.693. The molecule has 3 heterocycles. The van der Waals surface area contributed by atoms with Crippen LogP contribution in [0.5, 0.6) is 0 Å². The number of aromatic amines is 1. The second-order valence-corrected chi connectivity index (χ2v) is 6.48. The molecule has 7 N–H and O–H groups in total. The van der Waals surface area contributed by atoms with E-state index in [0.717, 1.165) is 0 Å². The predicted molar refractivity (Wildman–Crippen MR) is 84.1 cm³/mol. The Kier molecular flexibility index (Phi) is 4.65. The first-order chi connectivity index (χ1) is 10.9. The molecule has 1 saturated heterocycles. The van der Waals surface area contributed by atoms with E-state index in [-0.39, 0.29) is 30.1 Å². The average Bonchev–Trinajstić information content (AvgIpc) is 2.96. The molecule has 0 aliphatic carbocycles. The molecular weight excluding hydrogens is 395 g/mol. The van der Waals surface area contributed by atoms with Gasteiger partial charge in [0, 0.05) is 6.42 Å². The molecule has 0 bridgehead atoms. The molecule has 13 heteroatoms. The van der Waals surface area contributed by atoms with E-state index in [9.17, 15) is 9.90 Å². The number of aliphatic hydroxyl groups excluding tert-OH is 1. The maximum atomic E-state index is 11.9. The Balaban J connectivity index is 1.92. The van der Waals surface area contributed by atoms with Crippen LogP contribution in [0.4, 0.5) is 5.95 Å². The maximum absolute atomic E-state index is 11.9. The molecular formula is C10H14BrN6O5P. The molecule has 23 heavy (non-hydrogen) atoms. The van der Waals surface area contributed by atoms with Crippen molar-refractivity contribution in [3.8, 4) is 0 Å². The maximum Gasteiger partial charge on any atom is 0.280 e. The number of halogens is 1. The van der Waals surface area contributed by atoms with E-state index >= 15 is 0 Å². The molecule has 0 radical (unpaired) electrons. The summed E-state index contributed by atoms with van der Waals surface area (Å²) in [6.45, 7) is -0.0588. The Labute approximate surface area is 138 Å². The van der Waals surface area contributed by atoms with Gasteiger partial charge in [-0.25, -0.2) is 4.98 Å². The quantitative estimate of drug-likeness (QED) is 0.323. The van der Waals surface area contributed by atoms with E-state index < -0.39 is 32.5 Å². The highest BCUT2D eigenvalue weighted by Gasteiger charge is 2.37. The highest BCUT2D eigenvalue weighted by molar-refractivity contribution is 9.10. The standard InChI is InChI=1S/C10H14BrN6O5P/c11-9-14-6-7(15-10(12)16-8(6)19)17(9)5-1-3(18)4(22-5)2-21-23(13)20/h3-5,18,20H,1-2,13H2,(H3,12,15,16,19)/t3-,4+,5+,23?/m0/s1. The summed E-state index contributed by atoms with van der Waals surface area (Å²) in [5.74, 6) is -0.0522. The highest BCUT2D eigenvalue weighted by Crippen LogP contribution is 2.34. The van der Waals surface area contributed by atoms with E-state index in [1.54, 1.807) is 0 Å². The molecule has 0 saturated carbocycles. The van der Waals surface area contributed by atoms with Crippen LogP contribution in [0.2, 0.25) is 0 Å². The molecule has 0 aromatic carbocycles. The second-order valence-electron chi connectivity index (χ2n) is 4.90. The summed E-state index contributed by atoms with van der Waals surface area (Å²) in [5, 5.41) is 10.1. The lowest BCUT2D eigenvalue weighted by Crippen LogP contribution is -2.26. The number of ether oxygens (including phenoxy) is 1. The summed E-state index contributed by atoms with van der Waals surface area (Å²) in [5.41, 5.74) is 10.6. The lowest BCUT2D eigenvalue weighted by Gasteiger charge is -2.16. The van der Waals surface area contributed by atoms with Crippen LogP contribution in [0.3, 0.4) is 0 Å². The van der Waals surface area contributed by atoms with Crippen molar-refractivity contribution in [3.05, 3.63) is 15.1 Å². The number of hydrogen-bond acceptors (Lipinski definition) is 9. The van der Waals surface area contributed by atoms with Crippen molar-refractivity contribution in [1.29, 1.82) is 0 Å². The van der Waals surface area contributed by atoms with Gasteiger partial charge in [0.15, 0.2) is 15.9 Å². The molecule has 126 valence electrons. The van der Waals surface area contributed by atoms with Gasteiger partial charge < -0.3 is 25.0 Å². The highest BCUT2D eigenvalue weighted by atomic mass is 79.9. The Hall–Kier alpha value is -1.14. The van der Waals surface area contributed by atoms with Crippen LogP contribution in [-0.2, 0) is 9.26 Å². The fourth-order valence-electron chi connectivity index (χ4n) is 2.40. The molecule has 2 aromatic heterocycles. The first kappa shape index (κ1) is 16.7. The van der Waals surface area contributed by atoms with Gasteiger partial charge in [0.2, 0.25) is 14.5 Å². The molecule has 0 spiro atoms. The third kappa shape index (κ3) is 3.24. The minimum atomic E-state index is -2.03. The number of nitrogen functional groups attached to an aromatic ring is 1. The van der Waals surface area contributed by atoms with Gasteiger partial charge in [0.1, 0.15) is 12.3 Å². The smallest absolute Gasteiger partial charge is 0.280 e. The van der Waals surface area contributed by atoms with E-state index in [2.05, 4.69) is 30.9 Å². The molecule has 1 unspecified atom stereocenters. The van der Waals surface area contributed by atoms with Crippen molar-refractivity contribution >= 4 is 41.6 Å². The Morgan fingerprint density at radius 1 is 1.57 bits per heavy atom.